The number of alkyl halides is 3. The van der Waals surface area contributed by atoms with Crippen LogP contribution < -0.4 is 9.64 Å². The minimum atomic E-state index is -4.39. The third kappa shape index (κ3) is 5.15. The molecule has 0 N–H and O–H groups in total. The first kappa shape index (κ1) is 20.0. The summed E-state index contributed by atoms with van der Waals surface area (Å²) in [6.07, 6.45) is -3.26. The van der Waals surface area contributed by atoms with E-state index in [4.69, 9.17) is 4.74 Å². The van der Waals surface area contributed by atoms with Gasteiger partial charge in [0, 0.05) is 32.4 Å². The smallest absolute Gasteiger partial charge is 0.417 e. The van der Waals surface area contributed by atoms with Crippen LogP contribution >= 0.6 is 0 Å². The second-order valence-corrected chi connectivity index (χ2v) is 6.69. The summed E-state index contributed by atoms with van der Waals surface area (Å²) in [5.41, 5.74) is 0.329. The minimum Gasteiger partial charge on any atom is -0.493 e. The molecule has 0 radical (unpaired) electrons. The predicted octanol–water partition coefficient (Wildman–Crippen LogP) is 3.53. The van der Waals surface area contributed by atoms with Gasteiger partial charge in [-0.15, -0.1) is 0 Å². The number of halogens is 3. The highest BCUT2D eigenvalue weighted by molar-refractivity contribution is 5.76. The van der Waals surface area contributed by atoms with Crippen molar-refractivity contribution in [2.24, 2.45) is 0 Å². The third-order valence-electron chi connectivity index (χ3n) is 4.61. The Bertz CT molecular complexity index is 801. The molecule has 1 aliphatic heterocycles. The van der Waals surface area contributed by atoms with Crippen LogP contribution in [0.4, 0.5) is 19.0 Å². The molecule has 1 saturated heterocycles. The zero-order valence-electron chi connectivity index (χ0n) is 15.6. The largest absolute Gasteiger partial charge is 0.493 e. The first-order valence-electron chi connectivity index (χ1n) is 9.08. The fourth-order valence-electron chi connectivity index (χ4n) is 3.05. The van der Waals surface area contributed by atoms with Crippen molar-refractivity contribution in [3.63, 3.8) is 0 Å². The highest BCUT2D eigenvalue weighted by Crippen LogP contribution is 2.29. The average Bonchev–Trinajstić information content (AvgIpc) is 2.67. The maximum Gasteiger partial charge on any atom is 0.417 e. The molecule has 0 saturated carbocycles. The molecular formula is C20H22F3N3O2. The maximum atomic E-state index is 12.6. The van der Waals surface area contributed by atoms with Crippen LogP contribution in [0, 0.1) is 6.92 Å². The quantitative estimate of drug-likeness (QED) is 0.780. The fraction of sp³-hybridized carbons (Fsp3) is 0.400. The van der Waals surface area contributed by atoms with Crippen LogP contribution in [0.3, 0.4) is 0 Å². The molecule has 3 rings (SSSR count). The number of carbonyl (C=O) groups is 1. The molecule has 0 unspecified atom stereocenters. The van der Waals surface area contributed by atoms with Gasteiger partial charge in [-0.1, -0.05) is 12.1 Å². The lowest BCUT2D eigenvalue weighted by molar-refractivity contribution is -0.138. The van der Waals surface area contributed by atoms with Crippen molar-refractivity contribution in [1.29, 1.82) is 0 Å². The number of anilines is 1. The Morgan fingerprint density at radius 2 is 1.89 bits per heavy atom. The first-order chi connectivity index (χ1) is 13.3. The normalized spacial score (nSPS) is 14.9. The van der Waals surface area contributed by atoms with E-state index in [1.54, 1.807) is 4.90 Å². The zero-order valence-corrected chi connectivity index (χ0v) is 15.6. The van der Waals surface area contributed by atoms with Crippen LogP contribution in [0.15, 0.2) is 42.6 Å². The Morgan fingerprint density at radius 1 is 1.14 bits per heavy atom. The minimum absolute atomic E-state index is 0.00711. The van der Waals surface area contributed by atoms with Crippen molar-refractivity contribution in [1.82, 2.24) is 9.88 Å². The number of hydrogen-bond acceptors (Lipinski definition) is 4. The summed E-state index contributed by atoms with van der Waals surface area (Å²) in [4.78, 5) is 19.9. The number of amides is 1. The summed E-state index contributed by atoms with van der Waals surface area (Å²) < 4.78 is 43.5. The van der Waals surface area contributed by atoms with E-state index in [1.807, 2.05) is 36.1 Å². The number of piperazine rings is 1. The molecular weight excluding hydrogens is 371 g/mol. The second kappa shape index (κ2) is 8.50. The number of aryl methyl sites for hydroxylation is 1. The SMILES string of the molecule is Cc1cccc(OCCC(=O)N2CCN(c3ccc(C(F)(F)F)cn3)CC2)c1. The summed E-state index contributed by atoms with van der Waals surface area (Å²) >= 11 is 0. The van der Waals surface area contributed by atoms with Crippen LogP contribution in [-0.4, -0.2) is 48.6 Å². The summed E-state index contributed by atoms with van der Waals surface area (Å²) in [6, 6.07) is 10.1. The van der Waals surface area contributed by atoms with Crippen molar-refractivity contribution >= 4 is 11.7 Å². The van der Waals surface area contributed by atoms with Gasteiger partial charge >= 0.3 is 6.18 Å². The maximum absolute atomic E-state index is 12.6. The molecule has 8 heteroatoms. The van der Waals surface area contributed by atoms with Gasteiger partial charge in [0.25, 0.3) is 0 Å². The zero-order chi connectivity index (χ0) is 20.1. The van der Waals surface area contributed by atoms with E-state index in [2.05, 4.69) is 4.98 Å². The number of carbonyl (C=O) groups excluding carboxylic acids is 1. The number of hydrogen-bond donors (Lipinski definition) is 0. The van der Waals surface area contributed by atoms with E-state index in [0.29, 0.717) is 38.6 Å². The van der Waals surface area contributed by atoms with Crippen LogP contribution in [0.5, 0.6) is 5.75 Å². The monoisotopic (exact) mass is 393 g/mol. The molecule has 0 aliphatic carbocycles. The van der Waals surface area contributed by atoms with Crippen molar-refractivity contribution in [2.75, 3.05) is 37.7 Å². The van der Waals surface area contributed by atoms with Crippen molar-refractivity contribution < 1.29 is 22.7 Å². The molecule has 1 amide bonds. The van der Waals surface area contributed by atoms with Gasteiger partial charge in [0.15, 0.2) is 0 Å². The lowest BCUT2D eigenvalue weighted by Gasteiger charge is -2.35. The molecule has 1 aromatic heterocycles. The molecule has 1 aromatic carbocycles. The Balaban J connectivity index is 1.45. The van der Waals surface area contributed by atoms with Gasteiger partial charge in [-0.3, -0.25) is 4.79 Å². The first-order valence-corrected chi connectivity index (χ1v) is 9.08. The summed E-state index contributed by atoms with van der Waals surface area (Å²) in [6.45, 7) is 4.36. The van der Waals surface area contributed by atoms with Crippen LogP contribution in [0.25, 0.3) is 0 Å². The van der Waals surface area contributed by atoms with Gasteiger partial charge in [0.2, 0.25) is 5.91 Å². The lowest BCUT2D eigenvalue weighted by Crippen LogP contribution is -2.49. The Hall–Kier alpha value is -2.77. The Labute approximate surface area is 161 Å². The standard InChI is InChI=1S/C20H22F3N3O2/c1-15-3-2-4-17(13-15)28-12-7-19(27)26-10-8-25(9-11-26)18-6-5-16(14-24-18)20(21,22)23/h2-6,13-14H,7-12H2,1H3. The molecule has 28 heavy (non-hydrogen) atoms. The lowest BCUT2D eigenvalue weighted by atomic mass is 10.2. The van der Waals surface area contributed by atoms with Crippen LogP contribution in [-0.2, 0) is 11.0 Å². The number of benzene rings is 1. The van der Waals surface area contributed by atoms with Gasteiger partial charge < -0.3 is 14.5 Å². The molecule has 0 atom stereocenters. The molecule has 2 aromatic rings. The Kier molecular flexibility index (Phi) is 6.06. The third-order valence-corrected chi connectivity index (χ3v) is 4.61. The van der Waals surface area contributed by atoms with E-state index < -0.39 is 11.7 Å². The number of aromatic nitrogens is 1. The van der Waals surface area contributed by atoms with Crippen LogP contribution in [0.2, 0.25) is 0 Å². The topological polar surface area (TPSA) is 45.7 Å². The summed E-state index contributed by atoms with van der Waals surface area (Å²) in [5.74, 6) is 1.24. The Morgan fingerprint density at radius 3 is 2.50 bits per heavy atom. The molecule has 2 heterocycles. The second-order valence-electron chi connectivity index (χ2n) is 6.69. The molecule has 150 valence electrons. The highest BCUT2D eigenvalue weighted by Gasteiger charge is 2.31. The summed E-state index contributed by atoms with van der Waals surface area (Å²) in [5, 5.41) is 0. The van der Waals surface area contributed by atoms with Gasteiger partial charge in [0.05, 0.1) is 18.6 Å². The van der Waals surface area contributed by atoms with Crippen LogP contribution in [0.1, 0.15) is 17.5 Å². The van der Waals surface area contributed by atoms with Gasteiger partial charge in [-0.05, 0) is 36.8 Å². The van der Waals surface area contributed by atoms with Crippen molar-refractivity contribution in [2.45, 2.75) is 19.5 Å². The molecule has 0 spiro atoms. The number of rotatable bonds is 5. The van der Waals surface area contributed by atoms with Crippen molar-refractivity contribution in [3.05, 3.63) is 53.7 Å². The van der Waals surface area contributed by atoms with E-state index in [1.165, 1.54) is 6.07 Å². The predicted molar refractivity (Wildman–Crippen MR) is 99.3 cm³/mol. The molecule has 0 bridgehead atoms. The van der Waals surface area contributed by atoms with Gasteiger partial charge in [0.1, 0.15) is 11.6 Å². The number of nitrogens with zero attached hydrogens (tertiary/aromatic N) is 3. The highest BCUT2D eigenvalue weighted by atomic mass is 19.4. The fourth-order valence-corrected chi connectivity index (χ4v) is 3.05. The average molecular weight is 393 g/mol. The van der Waals surface area contributed by atoms with Crippen molar-refractivity contribution in [3.8, 4) is 5.75 Å². The number of ether oxygens (including phenoxy) is 1. The van der Waals surface area contributed by atoms with Gasteiger partial charge in [-0.2, -0.15) is 13.2 Å². The van der Waals surface area contributed by atoms with E-state index in [0.717, 1.165) is 23.6 Å². The molecule has 1 fully saturated rings. The molecule has 5 nitrogen and oxygen atoms in total. The summed E-state index contributed by atoms with van der Waals surface area (Å²) in [7, 11) is 0. The van der Waals surface area contributed by atoms with Gasteiger partial charge in [-0.25, -0.2) is 4.98 Å². The van der Waals surface area contributed by atoms with E-state index in [9.17, 15) is 18.0 Å². The van der Waals surface area contributed by atoms with E-state index in [-0.39, 0.29) is 12.3 Å². The number of pyridine rings is 1. The molecule has 1 aliphatic rings. The van der Waals surface area contributed by atoms with E-state index >= 15 is 0 Å².